The van der Waals surface area contributed by atoms with E-state index in [1.54, 1.807) is 14.2 Å². The predicted molar refractivity (Wildman–Crippen MR) is 141 cm³/mol. The van der Waals surface area contributed by atoms with Crippen molar-refractivity contribution >= 4 is 11.6 Å². The Morgan fingerprint density at radius 3 is 2.17 bits per heavy atom. The molecule has 0 aromatic heterocycles. The Hall–Kier alpha value is -3.51. The zero-order chi connectivity index (χ0) is 24.5. The number of hydrogen-bond acceptors (Lipinski definition) is 5. The normalized spacial score (nSPS) is 13.9. The van der Waals surface area contributed by atoms with Crippen LogP contribution in [0.5, 0.6) is 11.5 Å². The van der Waals surface area contributed by atoms with Gasteiger partial charge in [0, 0.05) is 44.7 Å². The smallest absolute Gasteiger partial charge is 0.220 e. The summed E-state index contributed by atoms with van der Waals surface area (Å²) in [6, 6.07) is 24.3. The highest BCUT2D eigenvalue weighted by Gasteiger charge is 2.19. The number of rotatable bonds is 10. The first-order valence-corrected chi connectivity index (χ1v) is 12.3. The molecule has 3 aromatic rings. The van der Waals surface area contributed by atoms with E-state index in [1.165, 1.54) is 0 Å². The molecule has 0 saturated carbocycles. The Labute approximate surface area is 208 Å². The van der Waals surface area contributed by atoms with E-state index in [1.807, 2.05) is 48.5 Å². The van der Waals surface area contributed by atoms with Gasteiger partial charge in [-0.1, -0.05) is 54.6 Å². The number of methoxy groups -OCH3 is 2. The first-order chi connectivity index (χ1) is 17.2. The van der Waals surface area contributed by atoms with Gasteiger partial charge in [-0.15, -0.1) is 0 Å². The fourth-order valence-corrected chi connectivity index (χ4v) is 4.65. The monoisotopic (exact) mass is 473 g/mol. The maximum Gasteiger partial charge on any atom is 0.220 e. The molecular weight excluding hydrogens is 438 g/mol. The first kappa shape index (κ1) is 24.6. The van der Waals surface area contributed by atoms with Crippen molar-refractivity contribution in [3.63, 3.8) is 0 Å². The van der Waals surface area contributed by atoms with Gasteiger partial charge in [-0.2, -0.15) is 0 Å². The Bertz CT molecular complexity index is 1110. The fraction of sp³-hybridized carbons (Fsp3) is 0.345. The molecule has 6 heteroatoms. The van der Waals surface area contributed by atoms with Gasteiger partial charge in [0.2, 0.25) is 5.91 Å². The molecule has 1 aliphatic rings. The first-order valence-electron chi connectivity index (χ1n) is 12.3. The van der Waals surface area contributed by atoms with Gasteiger partial charge in [0.15, 0.2) is 0 Å². The zero-order valence-corrected chi connectivity index (χ0v) is 20.7. The lowest BCUT2D eigenvalue weighted by Crippen LogP contribution is -2.46. The number of nitrogens with one attached hydrogen (secondary N) is 1. The van der Waals surface area contributed by atoms with Crippen LogP contribution in [-0.4, -0.2) is 57.8 Å². The molecule has 3 aromatic carbocycles. The molecular formula is C29H35N3O3. The molecule has 0 spiro atoms. The van der Waals surface area contributed by atoms with Crippen LogP contribution in [0.1, 0.15) is 18.4 Å². The van der Waals surface area contributed by atoms with Crippen molar-refractivity contribution in [1.29, 1.82) is 0 Å². The summed E-state index contributed by atoms with van der Waals surface area (Å²) in [5, 5.41) is 3.11. The van der Waals surface area contributed by atoms with Crippen LogP contribution in [0.3, 0.4) is 0 Å². The average Bonchev–Trinajstić information content (AvgIpc) is 2.92. The van der Waals surface area contributed by atoms with Gasteiger partial charge in [0.1, 0.15) is 11.5 Å². The molecule has 1 aliphatic heterocycles. The number of carbonyl (C=O) groups is 1. The number of amides is 1. The molecule has 6 nitrogen and oxygen atoms in total. The van der Waals surface area contributed by atoms with Gasteiger partial charge < -0.3 is 19.7 Å². The minimum atomic E-state index is 0.0903. The van der Waals surface area contributed by atoms with Crippen molar-refractivity contribution in [3.05, 3.63) is 78.4 Å². The van der Waals surface area contributed by atoms with Crippen molar-refractivity contribution in [1.82, 2.24) is 10.2 Å². The highest BCUT2D eigenvalue weighted by molar-refractivity contribution is 5.77. The summed E-state index contributed by atoms with van der Waals surface area (Å²) >= 11 is 0. The standard InChI is InChI=1S/C29H35N3O3/c1-34-27-14-7-5-12-25(27)24-11-4-3-10-23(24)22-30-29(33)16-9-17-31-18-20-32(21-19-31)26-13-6-8-15-28(26)35-2/h3-8,10-15H,9,16-22H2,1-2H3,(H,30,33). The van der Waals surface area contributed by atoms with Crippen LogP contribution in [0.15, 0.2) is 72.8 Å². The van der Waals surface area contributed by atoms with Crippen LogP contribution < -0.4 is 19.7 Å². The Balaban J connectivity index is 1.22. The fourth-order valence-electron chi connectivity index (χ4n) is 4.65. The van der Waals surface area contributed by atoms with Crippen LogP contribution in [0, 0.1) is 0 Å². The molecule has 0 unspecified atom stereocenters. The molecule has 1 fully saturated rings. The van der Waals surface area contributed by atoms with Crippen LogP contribution in [-0.2, 0) is 11.3 Å². The van der Waals surface area contributed by atoms with Gasteiger partial charge in [0.05, 0.1) is 19.9 Å². The summed E-state index contributed by atoms with van der Waals surface area (Å²) in [5.74, 6) is 1.84. The van der Waals surface area contributed by atoms with E-state index in [4.69, 9.17) is 9.47 Å². The summed E-state index contributed by atoms with van der Waals surface area (Å²) in [6.07, 6.45) is 1.39. The summed E-state index contributed by atoms with van der Waals surface area (Å²) in [7, 11) is 3.40. The zero-order valence-electron chi connectivity index (χ0n) is 20.7. The molecule has 1 heterocycles. The second-order valence-electron chi connectivity index (χ2n) is 8.74. The van der Waals surface area contributed by atoms with Crippen molar-refractivity contribution in [2.75, 3.05) is 51.8 Å². The number of carbonyl (C=O) groups excluding carboxylic acids is 1. The Kier molecular flexibility index (Phi) is 8.63. The number of hydrogen-bond donors (Lipinski definition) is 1. The minimum absolute atomic E-state index is 0.0903. The molecule has 1 amide bonds. The molecule has 4 rings (SSSR count). The van der Waals surface area contributed by atoms with E-state index in [2.05, 4.69) is 39.4 Å². The Morgan fingerprint density at radius 1 is 0.800 bits per heavy atom. The van der Waals surface area contributed by atoms with Crippen LogP contribution in [0.25, 0.3) is 11.1 Å². The highest BCUT2D eigenvalue weighted by Crippen LogP contribution is 2.32. The van der Waals surface area contributed by atoms with Gasteiger partial charge in [-0.25, -0.2) is 0 Å². The van der Waals surface area contributed by atoms with E-state index in [0.717, 1.165) is 73.0 Å². The number of ether oxygens (including phenoxy) is 2. The lowest BCUT2D eigenvalue weighted by molar-refractivity contribution is -0.121. The maximum absolute atomic E-state index is 12.6. The maximum atomic E-state index is 12.6. The molecule has 0 radical (unpaired) electrons. The van der Waals surface area contributed by atoms with E-state index >= 15 is 0 Å². The third-order valence-electron chi connectivity index (χ3n) is 6.57. The molecule has 1 saturated heterocycles. The van der Waals surface area contributed by atoms with Gasteiger partial charge in [0.25, 0.3) is 0 Å². The number of nitrogens with zero attached hydrogens (tertiary/aromatic N) is 2. The largest absolute Gasteiger partial charge is 0.496 e. The second-order valence-corrected chi connectivity index (χ2v) is 8.74. The SMILES string of the molecule is COc1ccccc1-c1ccccc1CNC(=O)CCCN1CCN(c2ccccc2OC)CC1. The third-order valence-corrected chi connectivity index (χ3v) is 6.57. The molecule has 0 bridgehead atoms. The van der Waals surface area contributed by atoms with E-state index in [-0.39, 0.29) is 5.91 Å². The molecule has 35 heavy (non-hydrogen) atoms. The topological polar surface area (TPSA) is 54.0 Å². The number of anilines is 1. The highest BCUT2D eigenvalue weighted by atomic mass is 16.5. The summed E-state index contributed by atoms with van der Waals surface area (Å²) in [6.45, 7) is 5.35. The molecule has 0 atom stereocenters. The molecule has 0 aliphatic carbocycles. The van der Waals surface area contributed by atoms with Crippen molar-refractivity contribution in [2.24, 2.45) is 0 Å². The van der Waals surface area contributed by atoms with Crippen molar-refractivity contribution in [2.45, 2.75) is 19.4 Å². The van der Waals surface area contributed by atoms with Gasteiger partial charge in [-0.05, 0) is 42.3 Å². The molecule has 184 valence electrons. The lowest BCUT2D eigenvalue weighted by Gasteiger charge is -2.36. The lowest BCUT2D eigenvalue weighted by atomic mass is 9.98. The van der Waals surface area contributed by atoms with Crippen LogP contribution in [0.4, 0.5) is 5.69 Å². The van der Waals surface area contributed by atoms with Gasteiger partial charge >= 0.3 is 0 Å². The Morgan fingerprint density at radius 2 is 1.43 bits per heavy atom. The summed E-state index contributed by atoms with van der Waals surface area (Å²) in [4.78, 5) is 17.4. The number of para-hydroxylation sites is 3. The number of benzene rings is 3. The average molecular weight is 474 g/mol. The van der Waals surface area contributed by atoms with Crippen LogP contribution >= 0.6 is 0 Å². The van der Waals surface area contributed by atoms with Crippen LogP contribution in [0.2, 0.25) is 0 Å². The molecule has 1 N–H and O–H groups in total. The van der Waals surface area contributed by atoms with Crippen molar-refractivity contribution in [3.8, 4) is 22.6 Å². The van der Waals surface area contributed by atoms with E-state index < -0.39 is 0 Å². The van der Waals surface area contributed by atoms with Gasteiger partial charge in [-0.3, -0.25) is 9.69 Å². The van der Waals surface area contributed by atoms with E-state index in [9.17, 15) is 4.79 Å². The summed E-state index contributed by atoms with van der Waals surface area (Å²) in [5.41, 5.74) is 4.35. The summed E-state index contributed by atoms with van der Waals surface area (Å²) < 4.78 is 11.0. The quantitative estimate of drug-likeness (QED) is 0.467. The predicted octanol–water partition coefficient (Wildman–Crippen LogP) is 4.59. The van der Waals surface area contributed by atoms with Crippen molar-refractivity contribution < 1.29 is 14.3 Å². The third kappa shape index (κ3) is 6.34. The van der Waals surface area contributed by atoms with E-state index in [0.29, 0.717) is 13.0 Å². The minimum Gasteiger partial charge on any atom is -0.496 e. The second kappa shape index (κ2) is 12.3. The number of piperazine rings is 1.